The van der Waals surface area contributed by atoms with Gasteiger partial charge in [-0.3, -0.25) is 19.5 Å². The second kappa shape index (κ2) is 12.2. The van der Waals surface area contributed by atoms with E-state index in [1.54, 1.807) is 18.5 Å². The minimum absolute atomic E-state index is 0.0331. The van der Waals surface area contributed by atoms with Crippen LogP contribution in [0.2, 0.25) is 0 Å². The number of nitrogens with zero attached hydrogens (tertiary/aromatic N) is 4. The molecule has 1 atom stereocenters. The quantitative estimate of drug-likeness (QED) is 0.476. The molecule has 0 spiro atoms. The van der Waals surface area contributed by atoms with Crippen molar-refractivity contribution in [3.8, 4) is 0 Å². The zero-order chi connectivity index (χ0) is 25.3. The summed E-state index contributed by atoms with van der Waals surface area (Å²) in [5, 5.41) is 5.53. The lowest BCUT2D eigenvalue weighted by Crippen LogP contribution is -2.50. The van der Waals surface area contributed by atoms with Crippen LogP contribution < -0.4 is 20.4 Å². The Balaban J connectivity index is 1.40. The van der Waals surface area contributed by atoms with Crippen LogP contribution in [0.1, 0.15) is 17.2 Å². The van der Waals surface area contributed by atoms with Gasteiger partial charge in [-0.2, -0.15) is 0 Å². The molecule has 1 aliphatic heterocycles. The summed E-state index contributed by atoms with van der Waals surface area (Å²) in [6, 6.07) is 22.4. The molecule has 1 fully saturated rings. The van der Waals surface area contributed by atoms with Gasteiger partial charge in [0.2, 0.25) is 0 Å². The Morgan fingerprint density at radius 3 is 2.22 bits per heavy atom. The topological polar surface area (TPSA) is 80.8 Å². The molecule has 1 saturated heterocycles. The Hall–Kier alpha value is -3.91. The third kappa shape index (κ3) is 6.60. The SMILES string of the molecule is CN(C)c1ccc(C(CNC(=O)C(=O)NCc2cccnc2)N2CCN(c3ccccc3)CC2)cc1. The van der Waals surface area contributed by atoms with Crippen molar-refractivity contribution in [2.24, 2.45) is 0 Å². The van der Waals surface area contributed by atoms with Crippen LogP contribution in [0.15, 0.2) is 79.1 Å². The number of rotatable bonds is 8. The Morgan fingerprint density at radius 2 is 1.58 bits per heavy atom. The average Bonchev–Trinajstić information content (AvgIpc) is 2.93. The van der Waals surface area contributed by atoms with E-state index in [0.29, 0.717) is 6.54 Å². The molecule has 188 valence electrons. The lowest BCUT2D eigenvalue weighted by molar-refractivity contribution is -0.139. The van der Waals surface area contributed by atoms with Gasteiger partial charge in [0, 0.05) is 77.1 Å². The number of para-hydroxylation sites is 1. The van der Waals surface area contributed by atoms with Gasteiger partial charge in [0.1, 0.15) is 0 Å². The van der Waals surface area contributed by atoms with E-state index in [-0.39, 0.29) is 12.6 Å². The number of hydrogen-bond donors (Lipinski definition) is 2. The number of hydrogen-bond acceptors (Lipinski definition) is 6. The van der Waals surface area contributed by atoms with Gasteiger partial charge in [-0.1, -0.05) is 36.4 Å². The van der Waals surface area contributed by atoms with Crippen molar-refractivity contribution in [3.63, 3.8) is 0 Å². The Morgan fingerprint density at radius 1 is 0.889 bits per heavy atom. The molecule has 2 amide bonds. The van der Waals surface area contributed by atoms with Crippen molar-refractivity contribution in [1.82, 2.24) is 20.5 Å². The minimum Gasteiger partial charge on any atom is -0.378 e. The molecule has 0 saturated carbocycles. The van der Waals surface area contributed by atoms with Gasteiger partial charge < -0.3 is 20.4 Å². The van der Waals surface area contributed by atoms with Crippen LogP contribution in [0.3, 0.4) is 0 Å². The lowest BCUT2D eigenvalue weighted by atomic mass is 10.0. The number of pyridine rings is 1. The monoisotopic (exact) mass is 486 g/mol. The van der Waals surface area contributed by atoms with Crippen LogP contribution in [0.5, 0.6) is 0 Å². The molecule has 4 rings (SSSR count). The fraction of sp³-hybridized carbons (Fsp3) is 0.321. The van der Waals surface area contributed by atoms with Crippen LogP contribution in [0, 0.1) is 0 Å². The van der Waals surface area contributed by atoms with Crippen LogP contribution in [0.4, 0.5) is 11.4 Å². The largest absolute Gasteiger partial charge is 0.378 e. The molecule has 0 bridgehead atoms. The molecule has 0 radical (unpaired) electrons. The first-order valence-electron chi connectivity index (χ1n) is 12.3. The molecule has 36 heavy (non-hydrogen) atoms. The molecule has 1 aliphatic rings. The van der Waals surface area contributed by atoms with E-state index in [0.717, 1.165) is 43.0 Å². The summed E-state index contributed by atoms with van der Waals surface area (Å²) in [4.78, 5) is 35.8. The highest BCUT2D eigenvalue weighted by molar-refractivity contribution is 6.35. The normalized spacial score (nSPS) is 14.7. The Labute approximate surface area is 212 Å². The highest BCUT2D eigenvalue weighted by Crippen LogP contribution is 2.25. The van der Waals surface area contributed by atoms with E-state index in [1.807, 2.05) is 26.2 Å². The maximum Gasteiger partial charge on any atom is 0.309 e. The molecule has 1 unspecified atom stereocenters. The zero-order valence-electron chi connectivity index (χ0n) is 20.9. The summed E-state index contributed by atoms with van der Waals surface area (Å²) in [5.74, 6) is -1.27. The average molecular weight is 487 g/mol. The summed E-state index contributed by atoms with van der Waals surface area (Å²) in [5.41, 5.74) is 4.30. The Bertz CT molecular complexity index is 1110. The van der Waals surface area contributed by atoms with E-state index in [2.05, 4.69) is 78.8 Å². The lowest BCUT2D eigenvalue weighted by Gasteiger charge is -2.40. The fourth-order valence-corrected chi connectivity index (χ4v) is 4.42. The second-order valence-corrected chi connectivity index (χ2v) is 9.11. The highest BCUT2D eigenvalue weighted by Gasteiger charge is 2.26. The van der Waals surface area contributed by atoms with Crippen molar-refractivity contribution in [2.75, 3.05) is 56.6 Å². The first-order chi connectivity index (χ1) is 17.5. The molecule has 2 heterocycles. The summed E-state index contributed by atoms with van der Waals surface area (Å²) in [7, 11) is 4.03. The third-order valence-electron chi connectivity index (χ3n) is 6.51. The fourth-order valence-electron chi connectivity index (χ4n) is 4.42. The van der Waals surface area contributed by atoms with Crippen LogP contribution in [-0.2, 0) is 16.1 Å². The van der Waals surface area contributed by atoms with Gasteiger partial charge in [-0.25, -0.2) is 0 Å². The van der Waals surface area contributed by atoms with Crippen molar-refractivity contribution < 1.29 is 9.59 Å². The van der Waals surface area contributed by atoms with E-state index >= 15 is 0 Å². The number of nitrogens with one attached hydrogen (secondary N) is 2. The molecule has 3 aromatic rings. The number of amides is 2. The minimum atomic E-state index is -0.644. The van der Waals surface area contributed by atoms with Gasteiger partial charge >= 0.3 is 11.8 Å². The van der Waals surface area contributed by atoms with Gasteiger partial charge in [0.15, 0.2) is 0 Å². The zero-order valence-corrected chi connectivity index (χ0v) is 20.9. The second-order valence-electron chi connectivity index (χ2n) is 9.11. The number of carbonyl (C=O) groups excluding carboxylic acids is 2. The molecular formula is C28H34N6O2. The molecule has 2 aromatic carbocycles. The van der Waals surface area contributed by atoms with Crippen molar-refractivity contribution >= 4 is 23.2 Å². The van der Waals surface area contributed by atoms with Gasteiger partial charge in [-0.15, -0.1) is 0 Å². The van der Waals surface area contributed by atoms with Gasteiger partial charge in [0.25, 0.3) is 0 Å². The Kier molecular flexibility index (Phi) is 8.52. The van der Waals surface area contributed by atoms with Crippen molar-refractivity contribution in [2.45, 2.75) is 12.6 Å². The number of benzene rings is 2. The van der Waals surface area contributed by atoms with E-state index in [1.165, 1.54) is 5.69 Å². The smallest absolute Gasteiger partial charge is 0.309 e. The first kappa shape index (κ1) is 25.2. The highest BCUT2D eigenvalue weighted by atomic mass is 16.2. The molecule has 2 N–H and O–H groups in total. The maximum absolute atomic E-state index is 12.6. The number of anilines is 2. The van der Waals surface area contributed by atoms with E-state index < -0.39 is 11.8 Å². The van der Waals surface area contributed by atoms with E-state index in [9.17, 15) is 9.59 Å². The molecular weight excluding hydrogens is 452 g/mol. The third-order valence-corrected chi connectivity index (χ3v) is 6.51. The molecule has 1 aromatic heterocycles. The van der Waals surface area contributed by atoms with Crippen LogP contribution in [0.25, 0.3) is 0 Å². The summed E-state index contributed by atoms with van der Waals surface area (Å²) in [6.45, 7) is 4.13. The summed E-state index contributed by atoms with van der Waals surface area (Å²) < 4.78 is 0. The van der Waals surface area contributed by atoms with Crippen molar-refractivity contribution in [3.05, 3.63) is 90.3 Å². The number of aromatic nitrogens is 1. The van der Waals surface area contributed by atoms with Crippen LogP contribution in [-0.4, -0.2) is 68.5 Å². The van der Waals surface area contributed by atoms with Gasteiger partial charge in [0.05, 0.1) is 6.04 Å². The summed E-state index contributed by atoms with van der Waals surface area (Å²) >= 11 is 0. The van der Waals surface area contributed by atoms with Crippen molar-refractivity contribution in [1.29, 1.82) is 0 Å². The maximum atomic E-state index is 12.6. The standard InChI is InChI=1S/C28H34N6O2/c1-32(2)24-12-10-23(11-13-24)26(34-17-15-33(16-18-34)25-8-4-3-5-9-25)21-31-28(36)27(35)30-20-22-7-6-14-29-19-22/h3-14,19,26H,15-18,20-21H2,1-2H3,(H,30,35)(H,31,36). The number of piperazine rings is 1. The molecule has 8 nitrogen and oxygen atoms in total. The van der Waals surface area contributed by atoms with Gasteiger partial charge in [-0.05, 0) is 41.5 Å². The van der Waals surface area contributed by atoms with Crippen LogP contribution >= 0.6 is 0 Å². The predicted molar refractivity (Wildman–Crippen MR) is 143 cm³/mol. The molecule has 8 heteroatoms. The molecule has 0 aliphatic carbocycles. The van der Waals surface area contributed by atoms with E-state index in [4.69, 9.17) is 0 Å². The number of carbonyl (C=O) groups is 2. The first-order valence-corrected chi connectivity index (χ1v) is 12.3. The predicted octanol–water partition coefficient (Wildman–Crippen LogP) is 2.44. The summed E-state index contributed by atoms with van der Waals surface area (Å²) in [6.07, 6.45) is 3.34.